The molecule has 1 aliphatic rings. The van der Waals surface area contributed by atoms with Gasteiger partial charge in [-0.15, -0.1) is 13.2 Å². The number of benzene rings is 1. The van der Waals surface area contributed by atoms with Crippen molar-refractivity contribution in [3.8, 4) is 0 Å². The molecule has 0 saturated carbocycles. The molecule has 0 amide bonds. The highest BCUT2D eigenvalue weighted by Gasteiger charge is 2.31. The maximum atomic E-state index is 10.6. The van der Waals surface area contributed by atoms with E-state index < -0.39 is 6.36 Å². The molecule has 0 radical (unpaired) electrons. The summed E-state index contributed by atoms with van der Waals surface area (Å²) >= 11 is 0. The molecule has 0 aromatic heterocycles. The van der Waals surface area contributed by atoms with Gasteiger partial charge < -0.3 is 26.0 Å². The summed E-state index contributed by atoms with van der Waals surface area (Å²) < 4.78 is 34.6. The van der Waals surface area contributed by atoms with Gasteiger partial charge in [0.15, 0.2) is 5.82 Å². The van der Waals surface area contributed by atoms with Gasteiger partial charge >= 0.3 is 6.36 Å². The molecule has 1 aromatic rings. The number of amidine groups is 1. The second kappa shape index (κ2) is 23.9. The summed E-state index contributed by atoms with van der Waals surface area (Å²) in [5.41, 5.74) is 9.54. The lowest BCUT2D eigenvalue weighted by molar-refractivity contribution is -0.311. The van der Waals surface area contributed by atoms with Crippen LogP contribution in [0.2, 0.25) is 0 Å². The summed E-state index contributed by atoms with van der Waals surface area (Å²) in [7, 11) is 2.75. The fourth-order valence-electron chi connectivity index (χ4n) is 4.78. The Morgan fingerprint density at radius 1 is 1.19 bits per heavy atom. The van der Waals surface area contributed by atoms with Gasteiger partial charge in [-0.05, 0) is 60.0 Å². The van der Waals surface area contributed by atoms with Crippen molar-refractivity contribution in [1.29, 1.82) is 0 Å². The predicted octanol–water partition coefficient (Wildman–Crippen LogP) is 5.05. The zero-order valence-electron chi connectivity index (χ0n) is 29.3. The van der Waals surface area contributed by atoms with Crippen molar-refractivity contribution < 1.29 is 23.0 Å². The van der Waals surface area contributed by atoms with E-state index in [4.69, 9.17) is 5.73 Å². The molecule has 47 heavy (non-hydrogen) atoms. The minimum atomic E-state index is -4.46. The smallest absolute Gasteiger partial charge is 0.388 e. The second-order valence-corrected chi connectivity index (χ2v) is 11.1. The number of ether oxygens (including phenoxy) is 1. The summed E-state index contributed by atoms with van der Waals surface area (Å²) in [5.74, 6) is 0.628. The molecule has 0 spiro atoms. The molecular weight excluding hydrogens is 613 g/mol. The average Bonchev–Trinajstić information content (AvgIpc) is 3.05. The third-order valence-electron chi connectivity index (χ3n) is 7.76. The molecule has 1 aromatic carbocycles. The van der Waals surface area contributed by atoms with Crippen LogP contribution in [0.1, 0.15) is 51.2 Å². The molecule has 2 unspecified atom stereocenters. The first-order valence-corrected chi connectivity index (χ1v) is 15.9. The van der Waals surface area contributed by atoms with E-state index in [1.165, 1.54) is 11.1 Å². The quantitative estimate of drug-likeness (QED) is 0.0778. The van der Waals surface area contributed by atoms with Crippen LogP contribution in [0, 0.1) is 18.8 Å². The number of piperazine rings is 1. The number of aliphatic hydroxyl groups is 1. The maximum Gasteiger partial charge on any atom is 0.522 e. The summed E-state index contributed by atoms with van der Waals surface area (Å²) in [6, 6.07) is 9.40. The van der Waals surface area contributed by atoms with E-state index in [-0.39, 0.29) is 19.0 Å². The molecule has 0 aliphatic carbocycles. The van der Waals surface area contributed by atoms with Crippen LogP contribution in [0.5, 0.6) is 0 Å². The van der Waals surface area contributed by atoms with Gasteiger partial charge in [-0.1, -0.05) is 67.9 Å². The van der Waals surface area contributed by atoms with Crippen LogP contribution in [-0.2, 0) is 4.74 Å². The van der Waals surface area contributed by atoms with Gasteiger partial charge in [-0.3, -0.25) is 14.6 Å². The number of rotatable bonds is 15. The Morgan fingerprint density at radius 3 is 2.19 bits per heavy atom. The van der Waals surface area contributed by atoms with E-state index in [2.05, 4.69) is 119 Å². The monoisotopic (exact) mass is 670 g/mol. The first-order chi connectivity index (χ1) is 22.2. The van der Waals surface area contributed by atoms with Gasteiger partial charge in [0.1, 0.15) is 18.1 Å². The van der Waals surface area contributed by atoms with Crippen molar-refractivity contribution in [3.63, 3.8) is 0 Å². The lowest BCUT2D eigenvalue weighted by Crippen LogP contribution is -2.58. The number of nitrogens with zero attached hydrogens (tertiary/aromatic N) is 6. The van der Waals surface area contributed by atoms with E-state index in [0.29, 0.717) is 43.0 Å². The van der Waals surface area contributed by atoms with Gasteiger partial charge in [-0.2, -0.15) is 4.91 Å². The van der Waals surface area contributed by atoms with Crippen molar-refractivity contribution in [3.05, 3.63) is 64.1 Å². The molecule has 1 saturated heterocycles. The number of hydrogen-bond donors (Lipinski definition) is 3. The number of nitrogens with one attached hydrogen (secondary N) is 1. The molecular formula is C33H57F3N8O3. The number of nitrogens with two attached hydrogens (primary N) is 1. The number of halogens is 3. The molecule has 2 rings (SSSR count). The van der Waals surface area contributed by atoms with Crippen molar-refractivity contribution in [1.82, 2.24) is 20.0 Å². The van der Waals surface area contributed by atoms with Gasteiger partial charge in [0.25, 0.3) is 0 Å². The van der Waals surface area contributed by atoms with Crippen LogP contribution in [0.3, 0.4) is 0 Å². The summed E-state index contributed by atoms with van der Waals surface area (Å²) in [5, 5.41) is 15.8. The zero-order chi connectivity index (χ0) is 36.0. The predicted molar refractivity (Wildman–Crippen MR) is 186 cm³/mol. The lowest BCUT2D eigenvalue weighted by atomic mass is 10.0. The molecule has 11 nitrogen and oxygen atoms in total. The minimum absolute atomic E-state index is 0.102. The molecule has 0 bridgehead atoms. The maximum absolute atomic E-state index is 10.6. The number of aliphatic imine (C=N–C) groups is 2. The number of nitroso groups, excluding NO2 is 1. The van der Waals surface area contributed by atoms with Gasteiger partial charge in [0.05, 0.1) is 12.2 Å². The Bertz CT molecular complexity index is 1090. The Kier molecular flexibility index (Phi) is 22.2. The van der Waals surface area contributed by atoms with Crippen LogP contribution >= 0.6 is 0 Å². The lowest BCUT2D eigenvalue weighted by Gasteiger charge is -2.46. The number of aryl methyl sites for hydroxylation is 2. The third-order valence-corrected chi connectivity index (χ3v) is 7.76. The number of methoxy groups -OCH3 is 1. The molecule has 268 valence electrons. The van der Waals surface area contributed by atoms with Crippen LogP contribution < -0.4 is 11.1 Å². The van der Waals surface area contributed by atoms with Crippen molar-refractivity contribution in [2.24, 2.45) is 20.9 Å². The van der Waals surface area contributed by atoms with E-state index in [9.17, 15) is 23.2 Å². The molecule has 1 fully saturated rings. The highest BCUT2D eigenvalue weighted by molar-refractivity contribution is 5.84. The SMILES string of the molecule is C=N/C(C(=C)NCCN=O)=C(N)\N=C(/CO)N1CCN(C(CC)CCN(C)CC)C(CC)C1.COC(F)(F)F.Cc1ccc(C)cc1. The van der Waals surface area contributed by atoms with E-state index in [0.717, 1.165) is 52.0 Å². The van der Waals surface area contributed by atoms with Crippen LogP contribution in [-0.4, -0.2) is 117 Å². The Labute approximate surface area is 279 Å². The zero-order valence-corrected chi connectivity index (χ0v) is 29.3. The third kappa shape index (κ3) is 18.0. The fourth-order valence-corrected chi connectivity index (χ4v) is 4.78. The number of aliphatic hydroxyl groups excluding tert-OH is 1. The van der Waals surface area contributed by atoms with Gasteiger partial charge in [0.2, 0.25) is 0 Å². The van der Waals surface area contributed by atoms with Crippen LogP contribution in [0.15, 0.2) is 63.2 Å². The fraction of sp³-hybridized carbons (Fsp3) is 0.636. The highest BCUT2D eigenvalue weighted by atomic mass is 19.4. The molecule has 1 heterocycles. The van der Waals surface area contributed by atoms with Crippen LogP contribution in [0.25, 0.3) is 0 Å². The number of hydrogen-bond acceptors (Lipinski definition) is 10. The number of alkyl halides is 3. The topological polar surface area (TPSA) is 131 Å². The summed E-state index contributed by atoms with van der Waals surface area (Å²) in [6.45, 7) is 23.1. The Hall–Kier alpha value is -3.33. The van der Waals surface area contributed by atoms with E-state index >= 15 is 0 Å². The molecule has 4 N–H and O–H groups in total. The standard InChI is InChI=1S/C23H44N8O2.C8H10.C2H3F3O/c1-7-19(10-13-29(6)9-3)31-15-14-30(16-20(31)8-2)21(17-32)28-23(24)22(25-5)18(4)26-11-12-27-33;1-7-3-5-8(2)6-4-7;1-6-2(3,4)5/h19-20,26,32H,4-5,7-17,24H2,1-3,6H3;3-6H,1-2H3;1H3/b23-22-,28-21+;;. The van der Waals surface area contributed by atoms with Gasteiger partial charge in [0, 0.05) is 45.4 Å². The van der Waals surface area contributed by atoms with Gasteiger partial charge in [-0.25, -0.2) is 4.99 Å². The minimum Gasteiger partial charge on any atom is -0.388 e. The molecule has 14 heteroatoms. The Balaban J connectivity index is 0.00000123. The first kappa shape index (κ1) is 43.7. The van der Waals surface area contributed by atoms with E-state index in [1.54, 1.807) is 0 Å². The summed E-state index contributed by atoms with van der Waals surface area (Å²) in [6.07, 6.45) is -1.17. The second-order valence-electron chi connectivity index (χ2n) is 11.1. The van der Waals surface area contributed by atoms with Crippen LogP contribution in [0.4, 0.5) is 13.2 Å². The first-order valence-electron chi connectivity index (χ1n) is 15.9. The Morgan fingerprint density at radius 2 is 1.77 bits per heavy atom. The summed E-state index contributed by atoms with van der Waals surface area (Å²) in [4.78, 5) is 25.8. The van der Waals surface area contributed by atoms with Crippen molar-refractivity contribution in [2.75, 3.05) is 66.6 Å². The van der Waals surface area contributed by atoms with Crippen molar-refractivity contribution in [2.45, 2.75) is 72.3 Å². The molecule has 2 atom stereocenters. The van der Waals surface area contributed by atoms with E-state index in [1.807, 2.05) is 0 Å². The average molecular weight is 671 g/mol. The highest BCUT2D eigenvalue weighted by Crippen LogP contribution is 2.21. The largest absolute Gasteiger partial charge is 0.522 e. The molecule has 1 aliphatic heterocycles. The van der Waals surface area contributed by atoms with Crippen molar-refractivity contribution >= 4 is 12.6 Å². The normalized spacial score (nSPS) is 16.6.